The highest BCUT2D eigenvalue weighted by Gasteiger charge is 2.21. The van der Waals surface area contributed by atoms with Gasteiger partial charge in [-0.1, -0.05) is 12.8 Å². The highest BCUT2D eigenvalue weighted by molar-refractivity contribution is 4.73. The highest BCUT2D eigenvalue weighted by atomic mass is 16.3. The molecule has 0 radical (unpaired) electrons. The van der Waals surface area contributed by atoms with E-state index in [0.29, 0.717) is 5.92 Å². The molecule has 0 saturated heterocycles. The zero-order chi connectivity index (χ0) is 7.40. The summed E-state index contributed by atoms with van der Waals surface area (Å²) in [4.78, 5) is 0. The van der Waals surface area contributed by atoms with Crippen molar-refractivity contribution in [2.24, 2.45) is 5.92 Å². The molecule has 2 N–H and O–H groups in total. The monoisotopic (exact) mass is 144 g/mol. The topological polar surface area (TPSA) is 40.5 Å². The molecule has 1 rings (SSSR count). The summed E-state index contributed by atoms with van der Waals surface area (Å²) in [5.41, 5.74) is 0. The molecule has 2 heteroatoms. The first-order valence-corrected chi connectivity index (χ1v) is 4.13. The minimum Gasteiger partial charge on any atom is -0.396 e. The summed E-state index contributed by atoms with van der Waals surface area (Å²) in [5.74, 6) is 0.374. The van der Waals surface area contributed by atoms with Gasteiger partial charge in [-0.05, 0) is 25.2 Å². The van der Waals surface area contributed by atoms with Crippen LogP contribution in [0, 0.1) is 5.92 Å². The Balaban J connectivity index is 2.25. The standard InChI is InChI=1S/C8H16O2/c9-6-5-7-3-1-2-4-8(7)10/h7-10H,1-6H2/t7-,8-/m1/s1. The second-order valence-electron chi connectivity index (χ2n) is 3.12. The van der Waals surface area contributed by atoms with Gasteiger partial charge in [-0.2, -0.15) is 0 Å². The Kier molecular flexibility index (Phi) is 3.16. The van der Waals surface area contributed by atoms with Gasteiger partial charge in [-0.3, -0.25) is 0 Å². The van der Waals surface area contributed by atoms with Crippen molar-refractivity contribution >= 4 is 0 Å². The van der Waals surface area contributed by atoms with Crippen LogP contribution in [0.15, 0.2) is 0 Å². The van der Waals surface area contributed by atoms with E-state index in [4.69, 9.17) is 5.11 Å². The van der Waals surface area contributed by atoms with Crippen molar-refractivity contribution in [2.75, 3.05) is 6.61 Å². The van der Waals surface area contributed by atoms with Gasteiger partial charge in [0.2, 0.25) is 0 Å². The van der Waals surface area contributed by atoms with Gasteiger partial charge in [0.15, 0.2) is 0 Å². The molecule has 0 aromatic carbocycles. The molecule has 1 aliphatic rings. The molecule has 0 heterocycles. The molecule has 0 aromatic heterocycles. The summed E-state index contributed by atoms with van der Waals surface area (Å²) < 4.78 is 0. The van der Waals surface area contributed by atoms with Gasteiger partial charge in [0.1, 0.15) is 0 Å². The normalized spacial score (nSPS) is 34.2. The van der Waals surface area contributed by atoms with Crippen LogP contribution in [-0.2, 0) is 0 Å². The summed E-state index contributed by atoms with van der Waals surface area (Å²) >= 11 is 0. The number of hydrogen-bond acceptors (Lipinski definition) is 2. The maximum Gasteiger partial charge on any atom is 0.0569 e. The molecule has 0 amide bonds. The maximum absolute atomic E-state index is 9.39. The third kappa shape index (κ3) is 1.96. The number of aliphatic hydroxyl groups excluding tert-OH is 2. The van der Waals surface area contributed by atoms with E-state index in [1.807, 2.05) is 0 Å². The van der Waals surface area contributed by atoms with Gasteiger partial charge in [0, 0.05) is 6.61 Å². The zero-order valence-electron chi connectivity index (χ0n) is 6.29. The van der Waals surface area contributed by atoms with Crippen molar-refractivity contribution in [2.45, 2.75) is 38.2 Å². The largest absolute Gasteiger partial charge is 0.396 e. The molecule has 0 aromatic rings. The van der Waals surface area contributed by atoms with E-state index < -0.39 is 0 Å². The van der Waals surface area contributed by atoms with Crippen LogP contribution in [0.1, 0.15) is 32.1 Å². The lowest BCUT2D eigenvalue weighted by atomic mass is 9.85. The Morgan fingerprint density at radius 2 is 1.90 bits per heavy atom. The third-order valence-electron chi connectivity index (χ3n) is 2.37. The fraction of sp³-hybridized carbons (Fsp3) is 1.00. The van der Waals surface area contributed by atoms with Crippen molar-refractivity contribution in [1.29, 1.82) is 0 Å². The molecule has 10 heavy (non-hydrogen) atoms. The Bertz CT molecular complexity index is 91.3. The first-order chi connectivity index (χ1) is 4.84. The Labute approximate surface area is 61.9 Å². The number of aliphatic hydroxyl groups is 2. The van der Waals surface area contributed by atoms with E-state index in [9.17, 15) is 5.11 Å². The van der Waals surface area contributed by atoms with Gasteiger partial charge < -0.3 is 10.2 Å². The van der Waals surface area contributed by atoms with Gasteiger partial charge >= 0.3 is 0 Å². The van der Waals surface area contributed by atoms with Gasteiger partial charge in [0.05, 0.1) is 6.10 Å². The smallest absolute Gasteiger partial charge is 0.0569 e. The molecule has 1 fully saturated rings. The van der Waals surface area contributed by atoms with Gasteiger partial charge in [-0.15, -0.1) is 0 Å². The maximum atomic E-state index is 9.39. The molecule has 60 valence electrons. The lowest BCUT2D eigenvalue weighted by Crippen LogP contribution is -2.25. The van der Waals surface area contributed by atoms with Crippen molar-refractivity contribution in [3.63, 3.8) is 0 Å². The molecule has 0 bridgehead atoms. The fourth-order valence-electron chi connectivity index (χ4n) is 1.69. The van der Waals surface area contributed by atoms with Crippen LogP contribution in [0.2, 0.25) is 0 Å². The summed E-state index contributed by atoms with van der Waals surface area (Å²) in [5, 5.41) is 18.0. The predicted molar refractivity (Wildman–Crippen MR) is 39.7 cm³/mol. The Hall–Kier alpha value is -0.0800. The second kappa shape index (κ2) is 3.94. The average molecular weight is 144 g/mol. The van der Waals surface area contributed by atoms with Crippen LogP contribution in [0.25, 0.3) is 0 Å². The molecule has 0 spiro atoms. The van der Waals surface area contributed by atoms with Gasteiger partial charge in [0.25, 0.3) is 0 Å². The fourth-order valence-corrected chi connectivity index (χ4v) is 1.69. The highest BCUT2D eigenvalue weighted by Crippen LogP contribution is 2.26. The lowest BCUT2D eigenvalue weighted by molar-refractivity contribution is 0.0551. The van der Waals surface area contributed by atoms with Crippen molar-refractivity contribution in [3.8, 4) is 0 Å². The average Bonchev–Trinajstić information content (AvgIpc) is 1.94. The van der Waals surface area contributed by atoms with Crippen molar-refractivity contribution < 1.29 is 10.2 Å². The van der Waals surface area contributed by atoms with Crippen LogP contribution in [-0.4, -0.2) is 22.9 Å². The van der Waals surface area contributed by atoms with Crippen LogP contribution in [0.5, 0.6) is 0 Å². The quantitative estimate of drug-likeness (QED) is 0.605. The van der Waals surface area contributed by atoms with Crippen LogP contribution < -0.4 is 0 Å². The van der Waals surface area contributed by atoms with Crippen molar-refractivity contribution in [3.05, 3.63) is 0 Å². The second-order valence-corrected chi connectivity index (χ2v) is 3.12. The van der Waals surface area contributed by atoms with Crippen LogP contribution >= 0.6 is 0 Å². The van der Waals surface area contributed by atoms with Gasteiger partial charge in [-0.25, -0.2) is 0 Å². The molecule has 0 unspecified atom stereocenters. The minimum absolute atomic E-state index is 0.138. The predicted octanol–water partition coefficient (Wildman–Crippen LogP) is 0.920. The summed E-state index contributed by atoms with van der Waals surface area (Å²) in [6, 6.07) is 0. The molecule has 1 saturated carbocycles. The minimum atomic E-state index is -0.138. The summed E-state index contributed by atoms with van der Waals surface area (Å²) in [6.07, 6.45) is 5.05. The van der Waals surface area contributed by atoms with E-state index in [2.05, 4.69) is 0 Å². The van der Waals surface area contributed by atoms with E-state index in [1.54, 1.807) is 0 Å². The van der Waals surface area contributed by atoms with E-state index in [-0.39, 0.29) is 12.7 Å². The molecular formula is C8H16O2. The number of rotatable bonds is 2. The van der Waals surface area contributed by atoms with E-state index >= 15 is 0 Å². The number of hydrogen-bond donors (Lipinski definition) is 2. The SMILES string of the molecule is OCC[C@H]1CCCC[C@H]1O. The van der Waals surface area contributed by atoms with Crippen molar-refractivity contribution in [1.82, 2.24) is 0 Å². The van der Waals surface area contributed by atoms with E-state index in [0.717, 1.165) is 25.7 Å². The first kappa shape index (κ1) is 8.02. The Morgan fingerprint density at radius 1 is 1.20 bits per heavy atom. The lowest BCUT2D eigenvalue weighted by Gasteiger charge is -2.26. The Morgan fingerprint density at radius 3 is 2.50 bits per heavy atom. The summed E-state index contributed by atoms with van der Waals surface area (Å²) in [7, 11) is 0. The molecule has 2 atom stereocenters. The molecular weight excluding hydrogens is 128 g/mol. The zero-order valence-corrected chi connectivity index (χ0v) is 6.29. The van der Waals surface area contributed by atoms with Crippen LogP contribution in [0.3, 0.4) is 0 Å². The third-order valence-corrected chi connectivity index (χ3v) is 2.37. The summed E-state index contributed by atoms with van der Waals surface area (Å²) in [6.45, 7) is 0.224. The molecule has 0 aliphatic heterocycles. The molecule has 2 nitrogen and oxygen atoms in total. The van der Waals surface area contributed by atoms with E-state index in [1.165, 1.54) is 6.42 Å². The first-order valence-electron chi connectivity index (χ1n) is 4.13. The van der Waals surface area contributed by atoms with Crippen LogP contribution in [0.4, 0.5) is 0 Å². The molecule has 1 aliphatic carbocycles.